The van der Waals surface area contributed by atoms with Crippen LogP contribution in [0.15, 0.2) is 35.1 Å². The summed E-state index contributed by atoms with van der Waals surface area (Å²) in [6.45, 7) is 1.86. The number of amides is 1. The molecule has 20 heavy (non-hydrogen) atoms. The van der Waals surface area contributed by atoms with Gasteiger partial charge in [0.15, 0.2) is 16.6 Å². The Morgan fingerprint density at radius 2 is 2.30 bits per heavy atom. The Bertz CT molecular complexity index is 742. The van der Waals surface area contributed by atoms with Crippen molar-refractivity contribution in [3.63, 3.8) is 0 Å². The van der Waals surface area contributed by atoms with Crippen molar-refractivity contribution in [3.05, 3.63) is 41.2 Å². The fraction of sp³-hybridized carbons (Fsp3) is 0.154. The van der Waals surface area contributed by atoms with Crippen molar-refractivity contribution in [1.29, 1.82) is 0 Å². The lowest BCUT2D eigenvalue weighted by atomic mass is 10.3. The van der Waals surface area contributed by atoms with Crippen LogP contribution >= 0.6 is 11.3 Å². The van der Waals surface area contributed by atoms with Gasteiger partial charge in [-0.15, -0.1) is 11.3 Å². The molecule has 0 radical (unpaired) electrons. The summed E-state index contributed by atoms with van der Waals surface area (Å²) in [4.78, 5) is 17.4. The number of nitrogens with zero attached hydrogens (tertiary/aromatic N) is 3. The van der Waals surface area contributed by atoms with Crippen molar-refractivity contribution in [2.75, 3.05) is 5.32 Å². The Balaban J connectivity index is 1.85. The van der Waals surface area contributed by atoms with E-state index in [1.807, 2.05) is 13.0 Å². The third-order valence-electron chi connectivity index (χ3n) is 2.70. The third-order valence-corrected chi connectivity index (χ3v) is 3.68. The van der Waals surface area contributed by atoms with Gasteiger partial charge in [0.25, 0.3) is 5.91 Å². The molecule has 3 aromatic heterocycles. The second-order valence-electron chi connectivity index (χ2n) is 4.23. The quantitative estimate of drug-likeness (QED) is 0.804. The third kappa shape index (κ3) is 2.35. The number of aryl methyl sites for hydroxylation is 2. The maximum atomic E-state index is 12.2. The first-order valence-electron chi connectivity index (χ1n) is 5.96. The van der Waals surface area contributed by atoms with Gasteiger partial charge in [0.2, 0.25) is 0 Å². The highest BCUT2D eigenvalue weighted by molar-refractivity contribution is 7.15. The number of aromatic nitrogens is 3. The van der Waals surface area contributed by atoms with Crippen LogP contribution < -0.4 is 5.32 Å². The van der Waals surface area contributed by atoms with E-state index in [0.29, 0.717) is 22.3 Å². The van der Waals surface area contributed by atoms with Crippen molar-refractivity contribution in [2.45, 2.75) is 6.92 Å². The molecule has 0 aliphatic carbocycles. The lowest BCUT2D eigenvalue weighted by molar-refractivity contribution is 0.102. The number of rotatable bonds is 3. The van der Waals surface area contributed by atoms with Crippen molar-refractivity contribution >= 4 is 23.1 Å². The number of carbonyl (C=O) groups excluding carboxylic acids is 1. The van der Waals surface area contributed by atoms with E-state index in [0.717, 1.165) is 4.88 Å². The Morgan fingerprint density at radius 1 is 1.45 bits per heavy atom. The topological polar surface area (TPSA) is 73.0 Å². The molecule has 0 aromatic carbocycles. The van der Waals surface area contributed by atoms with Gasteiger partial charge in [-0.1, -0.05) is 0 Å². The number of nitrogens with one attached hydrogen (secondary N) is 1. The van der Waals surface area contributed by atoms with Crippen LogP contribution in [-0.2, 0) is 7.05 Å². The first kappa shape index (κ1) is 12.6. The zero-order valence-corrected chi connectivity index (χ0v) is 11.8. The highest BCUT2D eigenvalue weighted by Crippen LogP contribution is 2.28. The fourth-order valence-corrected chi connectivity index (χ4v) is 2.65. The maximum absolute atomic E-state index is 12.2. The normalized spacial score (nSPS) is 10.7. The van der Waals surface area contributed by atoms with Gasteiger partial charge in [-0.05, 0) is 19.1 Å². The molecular weight excluding hydrogens is 276 g/mol. The minimum atomic E-state index is -0.268. The van der Waals surface area contributed by atoms with E-state index in [4.69, 9.17) is 4.42 Å². The van der Waals surface area contributed by atoms with Crippen LogP contribution in [0.3, 0.4) is 0 Å². The van der Waals surface area contributed by atoms with Crippen molar-refractivity contribution < 1.29 is 9.21 Å². The molecule has 6 nitrogen and oxygen atoms in total. The first-order chi connectivity index (χ1) is 9.63. The van der Waals surface area contributed by atoms with E-state index in [9.17, 15) is 4.79 Å². The highest BCUT2D eigenvalue weighted by Gasteiger charge is 2.18. The van der Waals surface area contributed by atoms with Crippen LogP contribution in [-0.4, -0.2) is 20.7 Å². The molecule has 3 aromatic rings. The summed E-state index contributed by atoms with van der Waals surface area (Å²) >= 11 is 1.42. The molecule has 1 N–H and O–H groups in total. The Hall–Kier alpha value is -2.41. The summed E-state index contributed by atoms with van der Waals surface area (Å²) in [5, 5.41) is 7.52. The number of carbonyl (C=O) groups is 1. The minimum Gasteiger partial charge on any atom is -0.462 e. The number of hydrogen-bond acceptors (Lipinski definition) is 5. The van der Waals surface area contributed by atoms with Crippen LogP contribution in [0.5, 0.6) is 0 Å². The van der Waals surface area contributed by atoms with Gasteiger partial charge in [0.1, 0.15) is 5.69 Å². The van der Waals surface area contributed by atoms with Gasteiger partial charge in [-0.3, -0.25) is 9.48 Å². The molecule has 0 aliphatic rings. The van der Waals surface area contributed by atoms with Crippen molar-refractivity contribution in [1.82, 2.24) is 14.8 Å². The predicted octanol–water partition coefficient (Wildman–Crippen LogP) is 2.70. The molecule has 0 fully saturated rings. The molecule has 102 valence electrons. The van der Waals surface area contributed by atoms with Gasteiger partial charge >= 0.3 is 0 Å². The second-order valence-corrected chi connectivity index (χ2v) is 5.43. The van der Waals surface area contributed by atoms with Crippen molar-refractivity contribution in [3.8, 4) is 10.8 Å². The first-order valence-corrected chi connectivity index (χ1v) is 6.77. The molecule has 0 bridgehead atoms. The van der Waals surface area contributed by atoms with Crippen LogP contribution in [0, 0.1) is 6.92 Å². The lowest BCUT2D eigenvalue weighted by Crippen LogP contribution is -2.14. The zero-order chi connectivity index (χ0) is 14.1. The molecule has 3 rings (SSSR count). The number of anilines is 1. The smallest absolute Gasteiger partial charge is 0.276 e. The largest absolute Gasteiger partial charge is 0.462 e. The van der Waals surface area contributed by atoms with Gasteiger partial charge in [-0.2, -0.15) is 5.10 Å². The van der Waals surface area contributed by atoms with Gasteiger partial charge in [0.05, 0.1) is 6.26 Å². The van der Waals surface area contributed by atoms with Crippen molar-refractivity contribution in [2.24, 2.45) is 7.05 Å². The van der Waals surface area contributed by atoms with Crippen LogP contribution in [0.25, 0.3) is 10.8 Å². The maximum Gasteiger partial charge on any atom is 0.276 e. The molecule has 0 spiro atoms. The van der Waals surface area contributed by atoms with E-state index in [-0.39, 0.29) is 5.91 Å². The van der Waals surface area contributed by atoms with E-state index in [1.54, 1.807) is 36.3 Å². The molecular formula is C13H12N4O2S. The Labute approximate surface area is 119 Å². The summed E-state index contributed by atoms with van der Waals surface area (Å²) in [5.74, 6) is 0.898. The Morgan fingerprint density at radius 3 is 2.95 bits per heavy atom. The van der Waals surface area contributed by atoms with Crippen LogP contribution in [0.1, 0.15) is 15.4 Å². The van der Waals surface area contributed by atoms with E-state index >= 15 is 0 Å². The summed E-state index contributed by atoms with van der Waals surface area (Å²) in [5.41, 5.74) is 0.395. The van der Waals surface area contributed by atoms with Gasteiger partial charge < -0.3 is 9.73 Å². The van der Waals surface area contributed by atoms with E-state index in [2.05, 4.69) is 15.4 Å². The average Bonchev–Trinajstić information content (AvgIpc) is 3.09. The molecule has 0 saturated carbocycles. The molecule has 1 amide bonds. The highest BCUT2D eigenvalue weighted by atomic mass is 32.1. The molecule has 0 saturated heterocycles. The number of hydrogen-bond donors (Lipinski definition) is 1. The van der Waals surface area contributed by atoms with Crippen LogP contribution in [0.4, 0.5) is 5.82 Å². The van der Waals surface area contributed by atoms with Gasteiger partial charge in [-0.25, -0.2) is 4.98 Å². The van der Waals surface area contributed by atoms with Crippen LogP contribution in [0.2, 0.25) is 0 Å². The standard InChI is InChI=1S/C13H12N4O2S/c1-8-11(12(18)14-10-5-6-17(2)16-10)15-13(20-8)9-4-3-7-19-9/h3-7H,1-2H3,(H,14,16,18). The Kier molecular flexibility index (Phi) is 3.11. The molecule has 3 heterocycles. The number of thiazole rings is 1. The molecule has 0 atom stereocenters. The predicted molar refractivity (Wildman–Crippen MR) is 75.7 cm³/mol. The summed E-state index contributed by atoms with van der Waals surface area (Å²) in [6.07, 6.45) is 3.34. The lowest BCUT2D eigenvalue weighted by Gasteiger charge is -1.99. The zero-order valence-electron chi connectivity index (χ0n) is 11.0. The average molecular weight is 288 g/mol. The summed E-state index contributed by atoms with van der Waals surface area (Å²) < 4.78 is 6.91. The fourth-order valence-electron chi connectivity index (χ4n) is 1.77. The minimum absolute atomic E-state index is 0.268. The van der Waals surface area contributed by atoms with E-state index in [1.165, 1.54) is 11.3 Å². The number of furan rings is 1. The summed E-state index contributed by atoms with van der Waals surface area (Å²) in [7, 11) is 1.79. The monoisotopic (exact) mass is 288 g/mol. The van der Waals surface area contributed by atoms with Gasteiger partial charge in [0, 0.05) is 24.2 Å². The van der Waals surface area contributed by atoms with E-state index < -0.39 is 0 Å². The second kappa shape index (κ2) is 4.93. The summed E-state index contributed by atoms with van der Waals surface area (Å²) in [6, 6.07) is 5.34. The molecule has 0 aliphatic heterocycles. The SMILES string of the molecule is Cc1sc(-c2ccco2)nc1C(=O)Nc1ccn(C)n1. The molecule has 0 unspecified atom stereocenters. The molecule has 7 heteroatoms.